The third-order valence-corrected chi connectivity index (χ3v) is 4.68. The summed E-state index contributed by atoms with van der Waals surface area (Å²) in [6.07, 6.45) is 1.73. The van der Waals surface area contributed by atoms with Crippen molar-refractivity contribution in [3.05, 3.63) is 12.7 Å². The van der Waals surface area contributed by atoms with E-state index in [1.165, 1.54) is 4.90 Å². The van der Waals surface area contributed by atoms with Crippen LogP contribution in [-0.2, 0) is 18.2 Å². The van der Waals surface area contributed by atoms with Crippen LogP contribution in [0.5, 0.6) is 0 Å². The maximum Gasteiger partial charge on any atom is 0.245 e. The van der Waals surface area contributed by atoms with Gasteiger partial charge < -0.3 is 33.0 Å². The number of amides is 1. The zero-order valence-corrected chi connectivity index (χ0v) is 12.3. The van der Waals surface area contributed by atoms with Crippen LogP contribution in [0.3, 0.4) is 0 Å². The SMILES string of the molecule is C=CC(=O)N(CCCC)CCP(=O)([O-])OP(=O)([O-])[O-]. The molecule has 1 amide bonds. The first-order valence-electron chi connectivity index (χ1n) is 5.56. The molecule has 0 aliphatic carbocycles. The van der Waals surface area contributed by atoms with Gasteiger partial charge in [-0.15, -0.1) is 0 Å². The molecule has 0 saturated carbocycles. The number of nitrogens with zero attached hydrogens (tertiary/aromatic N) is 1. The minimum Gasteiger partial charge on any atom is -0.790 e. The van der Waals surface area contributed by atoms with Gasteiger partial charge in [-0.05, 0) is 12.5 Å². The summed E-state index contributed by atoms with van der Waals surface area (Å²) in [5, 5.41) is 0. The van der Waals surface area contributed by atoms with Gasteiger partial charge in [-0.1, -0.05) is 19.9 Å². The molecule has 0 bridgehead atoms. The molecule has 0 saturated heterocycles. The van der Waals surface area contributed by atoms with Crippen LogP contribution >= 0.6 is 15.4 Å². The maximum absolute atomic E-state index is 11.4. The van der Waals surface area contributed by atoms with Crippen molar-refractivity contribution in [2.45, 2.75) is 19.8 Å². The molecule has 0 heterocycles. The molecule has 0 aromatic rings. The smallest absolute Gasteiger partial charge is 0.245 e. The average molecular weight is 312 g/mol. The van der Waals surface area contributed by atoms with Gasteiger partial charge in [0.1, 0.15) is 7.60 Å². The summed E-state index contributed by atoms with van der Waals surface area (Å²) in [5.41, 5.74) is 0. The van der Waals surface area contributed by atoms with E-state index < -0.39 is 27.5 Å². The molecule has 0 spiro atoms. The molecule has 0 aliphatic heterocycles. The van der Waals surface area contributed by atoms with E-state index >= 15 is 0 Å². The van der Waals surface area contributed by atoms with Crippen molar-refractivity contribution < 1.29 is 32.9 Å². The lowest BCUT2D eigenvalue weighted by atomic mass is 10.3. The molecule has 10 heteroatoms. The van der Waals surface area contributed by atoms with Crippen molar-refractivity contribution in [3.8, 4) is 0 Å². The Balaban J connectivity index is 4.53. The van der Waals surface area contributed by atoms with Gasteiger partial charge in [0, 0.05) is 19.3 Å². The van der Waals surface area contributed by atoms with E-state index in [0.29, 0.717) is 13.0 Å². The van der Waals surface area contributed by atoms with E-state index in [1.807, 2.05) is 6.92 Å². The highest BCUT2D eigenvalue weighted by molar-refractivity contribution is 7.61. The normalized spacial score (nSPS) is 14.7. The summed E-state index contributed by atoms with van der Waals surface area (Å²) in [6.45, 7) is 5.23. The second-order valence-corrected chi connectivity index (χ2v) is 6.96. The van der Waals surface area contributed by atoms with Gasteiger partial charge in [-0.25, -0.2) is 0 Å². The van der Waals surface area contributed by atoms with Crippen LogP contribution in [0.15, 0.2) is 12.7 Å². The third-order valence-electron chi connectivity index (χ3n) is 2.14. The highest BCUT2D eigenvalue weighted by atomic mass is 31.3. The van der Waals surface area contributed by atoms with Gasteiger partial charge in [0.05, 0.1) is 7.82 Å². The van der Waals surface area contributed by atoms with E-state index in [-0.39, 0.29) is 6.54 Å². The summed E-state index contributed by atoms with van der Waals surface area (Å²) in [6, 6.07) is 0. The van der Waals surface area contributed by atoms with Gasteiger partial charge in [0.15, 0.2) is 0 Å². The van der Waals surface area contributed by atoms with Crippen LogP contribution in [0, 0.1) is 0 Å². The van der Waals surface area contributed by atoms with Crippen molar-refractivity contribution in [1.29, 1.82) is 0 Å². The molecule has 112 valence electrons. The molecular formula is C9H16NO7P2-3. The monoisotopic (exact) mass is 312 g/mol. The van der Waals surface area contributed by atoms with Gasteiger partial charge in [0.2, 0.25) is 5.91 Å². The summed E-state index contributed by atoms with van der Waals surface area (Å²) < 4.78 is 24.9. The summed E-state index contributed by atoms with van der Waals surface area (Å²) in [4.78, 5) is 44.3. The number of carbonyl (C=O) groups is 1. The van der Waals surface area contributed by atoms with Crippen molar-refractivity contribution in [2.24, 2.45) is 0 Å². The van der Waals surface area contributed by atoms with Crippen LogP contribution in [0.1, 0.15) is 19.8 Å². The van der Waals surface area contributed by atoms with Gasteiger partial charge in [-0.2, -0.15) is 0 Å². The van der Waals surface area contributed by atoms with E-state index in [1.54, 1.807) is 0 Å². The number of phosphoric acid groups is 1. The predicted molar refractivity (Wildman–Crippen MR) is 62.9 cm³/mol. The molecule has 19 heavy (non-hydrogen) atoms. The molecule has 8 nitrogen and oxygen atoms in total. The van der Waals surface area contributed by atoms with Crippen LogP contribution in [-0.4, -0.2) is 30.1 Å². The second kappa shape index (κ2) is 7.94. The van der Waals surface area contributed by atoms with Crippen LogP contribution < -0.4 is 14.7 Å². The van der Waals surface area contributed by atoms with E-state index in [9.17, 15) is 28.6 Å². The predicted octanol–water partition coefficient (Wildman–Crippen LogP) is -0.800. The molecule has 0 fully saturated rings. The standard InChI is InChI=1S/C9H19NO7P2/c1-3-5-6-10(9(11)4-2)7-8-18(12,13)17-19(14,15)16/h4H,2-3,5-8H2,1H3,(H,12,13)(H2,14,15,16)/p-3. The Kier molecular flexibility index (Phi) is 7.74. The molecule has 0 N–H and O–H groups in total. The molecule has 1 atom stereocenters. The lowest BCUT2D eigenvalue weighted by Gasteiger charge is -2.36. The number of carbonyl (C=O) groups excluding carboxylic acids is 1. The molecule has 0 aliphatic rings. The fourth-order valence-corrected chi connectivity index (χ4v) is 3.28. The fourth-order valence-electron chi connectivity index (χ4n) is 1.25. The maximum atomic E-state index is 11.4. The minimum atomic E-state index is -5.60. The zero-order valence-electron chi connectivity index (χ0n) is 10.5. The Labute approximate surface area is 111 Å². The summed E-state index contributed by atoms with van der Waals surface area (Å²) >= 11 is 0. The number of rotatable bonds is 9. The minimum absolute atomic E-state index is 0.258. The Bertz CT molecular complexity index is 405. The first-order valence-corrected chi connectivity index (χ1v) is 8.75. The van der Waals surface area contributed by atoms with E-state index in [4.69, 9.17) is 0 Å². The lowest BCUT2D eigenvalue weighted by Crippen LogP contribution is -2.34. The highest BCUT2D eigenvalue weighted by Crippen LogP contribution is 2.49. The third kappa shape index (κ3) is 9.10. The van der Waals surface area contributed by atoms with Gasteiger partial charge in [-0.3, -0.25) is 4.79 Å². The topological polar surface area (TPSA) is 133 Å². The molecule has 0 aromatic heterocycles. The number of hydrogen-bond acceptors (Lipinski definition) is 7. The van der Waals surface area contributed by atoms with Crippen molar-refractivity contribution in [1.82, 2.24) is 4.90 Å². The van der Waals surface area contributed by atoms with Crippen molar-refractivity contribution >= 4 is 21.3 Å². The molecular weight excluding hydrogens is 296 g/mol. The fraction of sp³-hybridized carbons (Fsp3) is 0.667. The van der Waals surface area contributed by atoms with Gasteiger partial charge in [0.25, 0.3) is 0 Å². The quantitative estimate of drug-likeness (QED) is 0.402. The highest BCUT2D eigenvalue weighted by Gasteiger charge is 2.16. The van der Waals surface area contributed by atoms with Gasteiger partial charge >= 0.3 is 0 Å². The lowest BCUT2D eigenvalue weighted by molar-refractivity contribution is -0.337. The second-order valence-electron chi connectivity index (χ2n) is 3.75. The average Bonchev–Trinajstić information content (AvgIpc) is 2.25. The van der Waals surface area contributed by atoms with Crippen LogP contribution in [0.25, 0.3) is 0 Å². The van der Waals surface area contributed by atoms with Crippen molar-refractivity contribution in [3.63, 3.8) is 0 Å². The largest absolute Gasteiger partial charge is 0.790 e. The number of hydrogen-bond donors (Lipinski definition) is 0. The Morgan fingerprint density at radius 3 is 2.32 bits per heavy atom. The Morgan fingerprint density at radius 2 is 1.89 bits per heavy atom. The Morgan fingerprint density at radius 1 is 1.32 bits per heavy atom. The summed E-state index contributed by atoms with van der Waals surface area (Å²) in [5.74, 6) is -0.471. The molecule has 0 rings (SSSR count). The first kappa shape index (κ1) is 18.5. The zero-order chi connectivity index (χ0) is 15.1. The van der Waals surface area contributed by atoms with Crippen LogP contribution in [0.2, 0.25) is 0 Å². The first-order chi connectivity index (χ1) is 8.61. The Hall–Kier alpha value is -0.490. The van der Waals surface area contributed by atoms with E-state index in [0.717, 1.165) is 12.5 Å². The molecule has 1 unspecified atom stereocenters. The number of unbranched alkanes of at least 4 members (excludes halogenated alkanes) is 1. The van der Waals surface area contributed by atoms with Crippen molar-refractivity contribution in [2.75, 3.05) is 19.3 Å². The van der Waals surface area contributed by atoms with Crippen LogP contribution in [0.4, 0.5) is 0 Å². The molecule has 0 aromatic carbocycles. The van der Waals surface area contributed by atoms with E-state index in [2.05, 4.69) is 10.9 Å². The molecule has 0 radical (unpaired) electrons. The summed E-state index contributed by atoms with van der Waals surface area (Å²) in [7, 11) is -10.4.